The molecule has 6 nitrogen and oxygen atoms in total. The lowest BCUT2D eigenvalue weighted by molar-refractivity contribution is -0.137. The van der Waals surface area contributed by atoms with E-state index in [2.05, 4.69) is 15.2 Å². The lowest BCUT2D eigenvalue weighted by Crippen LogP contribution is -2.56. The average molecular weight is 452 g/mol. The number of aromatic nitrogens is 1. The molecule has 2 heterocycles. The molecule has 1 aromatic rings. The van der Waals surface area contributed by atoms with Crippen LogP contribution in [0.1, 0.15) is 37.8 Å². The Morgan fingerprint density at radius 3 is 2.59 bits per heavy atom. The number of pyridine rings is 1. The summed E-state index contributed by atoms with van der Waals surface area (Å²) in [5.74, 6) is 0.946. The molecular weight excluding hydrogens is 419 g/mol. The number of hydrogen-bond acceptors (Lipinski definition) is 6. The van der Waals surface area contributed by atoms with Gasteiger partial charge in [0.1, 0.15) is 5.82 Å². The maximum atomic E-state index is 13.2. The molecule has 9 heteroatoms. The minimum Gasteiger partial charge on any atom is -0.386 e. The van der Waals surface area contributed by atoms with Crippen molar-refractivity contribution in [3.05, 3.63) is 35.2 Å². The first-order valence-corrected chi connectivity index (χ1v) is 11.1. The summed E-state index contributed by atoms with van der Waals surface area (Å²) >= 11 is 0. The number of allylic oxidation sites excluding steroid dienone is 2. The molecule has 0 bridgehead atoms. The largest absolute Gasteiger partial charge is 0.419 e. The molecule has 3 fully saturated rings. The summed E-state index contributed by atoms with van der Waals surface area (Å²) in [5, 5.41) is 11.9. The van der Waals surface area contributed by atoms with E-state index in [1.807, 2.05) is 13.8 Å². The van der Waals surface area contributed by atoms with Crippen molar-refractivity contribution >= 4 is 11.5 Å². The third kappa shape index (κ3) is 4.50. The predicted octanol–water partition coefficient (Wildman–Crippen LogP) is 3.54. The highest BCUT2D eigenvalue weighted by molar-refractivity contribution is 6.07. The molecule has 0 aromatic carbocycles. The number of methoxy groups -OCH3 is 1. The molecule has 1 aliphatic heterocycles. The zero-order valence-electron chi connectivity index (χ0n) is 18.8. The molecular formula is C23H32F3N5O. The molecule has 4 N–H and O–H groups in total. The third-order valence-electron chi connectivity index (χ3n) is 7.05. The Morgan fingerprint density at radius 2 is 2.03 bits per heavy atom. The molecule has 4 rings (SSSR count). The first-order chi connectivity index (χ1) is 15.0. The van der Waals surface area contributed by atoms with Crippen molar-refractivity contribution in [3.8, 4) is 0 Å². The van der Waals surface area contributed by atoms with Gasteiger partial charge in [0.15, 0.2) is 0 Å². The number of nitrogens with two attached hydrogens (primary N) is 1. The molecule has 2 aliphatic carbocycles. The fourth-order valence-electron chi connectivity index (χ4n) is 5.74. The van der Waals surface area contributed by atoms with Gasteiger partial charge in [0.25, 0.3) is 0 Å². The molecule has 3 atom stereocenters. The van der Waals surface area contributed by atoms with Crippen molar-refractivity contribution < 1.29 is 17.9 Å². The summed E-state index contributed by atoms with van der Waals surface area (Å²) < 4.78 is 44.8. The minimum absolute atomic E-state index is 0.0141. The fraction of sp³-hybridized carbons (Fsp3) is 0.652. The summed E-state index contributed by atoms with van der Waals surface area (Å²) in [5.41, 5.74) is 5.90. The van der Waals surface area contributed by atoms with Crippen molar-refractivity contribution in [2.45, 2.75) is 38.9 Å². The van der Waals surface area contributed by atoms with Crippen LogP contribution in [0.5, 0.6) is 0 Å². The van der Waals surface area contributed by atoms with Gasteiger partial charge in [-0.15, -0.1) is 0 Å². The van der Waals surface area contributed by atoms with E-state index in [-0.39, 0.29) is 17.3 Å². The zero-order chi connectivity index (χ0) is 23.3. The van der Waals surface area contributed by atoms with Crippen LogP contribution in [0.3, 0.4) is 0 Å². The molecule has 32 heavy (non-hydrogen) atoms. The highest BCUT2D eigenvalue weighted by Gasteiger charge is 2.64. The lowest BCUT2D eigenvalue weighted by Gasteiger charge is -2.49. The highest BCUT2D eigenvalue weighted by atomic mass is 19.4. The Morgan fingerprint density at radius 1 is 1.38 bits per heavy atom. The highest BCUT2D eigenvalue weighted by Crippen LogP contribution is 2.68. The van der Waals surface area contributed by atoms with Gasteiger partial charge >= 0.3 is 6.18 Å². The van der Waals surface area contributed by atoms with E-state index in [0.717, 1.165) is 38.0 Å². The topological polar surface area (TPSA) is 87.3 Å². The maximum Gasteiger partial charge on any atom is 0.419 e. The lowest BCUT2D eigenvalue weighted by atomic mass is 9.74. The Kier molecular flexibility index (Phi) is 6.00. The zero-order valence-corrected chi connectivity index (χ0v) is 18.8. The Balaban J connectivity index is 1.45. The van der Waals surface area contributed by atoms with Crippen molar-refractivity contribution in [1.82, 2.24) is 15.2 Å². The number of anilines is 1. The number of nitrogens with one attached hydrogen (secondary N) is 2. The van der Waals surface area contributed by atoms with E-state index >= 15 is 0 Å². The Bertz CT molecular complexity index is 893. The minimum atomic E-state index is -4.60. The maximum absolute atomic E-state index is 13.2. The molecule has 3 aliphatic rings. The number of hydrogen-bond donors (Lipinski definition) is 3. The average Bonchev–Trinajstić information content (AvgIpc) is 3.18. The number of rotatable bonds is 8. The molecule has 1 aromatic heterocycles. The number of halogens is 3. The molecule has 2 saturated carbocycles. The van der Waals surface area contributed by atoms with Crippen LogP contribution in [0.4, 0.5) is 19.0 Å². The van der Waals surface area contributed by atoms with Crippen molar-refractivity contribution in [2.24, 2.45) is 23.2 Å². The number of likely N-dealkylation sites (tertiary alicyclic amines) is 1. The van der Waals surface area contributed by atoms with Crippen LogP contribution in [-0.2, 0) is 10.9 Å². The van der Waals surface area contributed by atoms with Crippen LogP contribution in [0, 0.1) is 28.6 Å². The van der Waals surface area contributed by atoms with E-state index in [0.29, 0.717) is 23.2 Å². The van der Waals surface area contributed by atoms with Crippen LogP contribution >= 0.6 is 0 Å². The normalized spacial score (nSPS) is 26.8. The van der Waals surface area contributed by atoms with Crippen molar-refractivity contribution in [1.29, 1.82) is 5.41 Å². The quantitative estimate of drug-likeness (QED) is 0.527. The van der Waals surface area contributed by atoms with Crippen LogP contribution in [0.25, 0.3) is 0 Å². The molecule has 176 valence electrons. The van der Waals surface area contributed by atoms with Gasteiger partial charge in [-0.25, -0.2) is 4.98 Å². The fourth-order valence-corrected chi connectivity index (χ4v) is 5.74. The van der Waals surface area contributed by atoms with Gasteiger partial charge in [-0.1, -0.05) is 0 Å². The second kappa shape index (κ2) is 8.33. The first-order valence-electron chi connectivity index (χ1n) is 11.1. The number of ether oxygens (including phenoxy) is 1. The van der Waals surface area contributed by atoms with E-state index < -0.39 is 17.6 Å². The van der Waals surface area contributed by atoms with E-state index in [9.17, 15) is 13.2 Å². The van der Waals surface area contributed by atoms with Crippen molar-refractivity contribution in [3.63, 3.8) is 0 Å². The van der Waals surface area contributed by atoms with Crippen LogP contribution in [-0.4, -0.2) is 55.0 Å². The van der Waals surface area contributed by atoms with Crippen molar-refractivity contribution in [2.75, 3.05) is 39.1 Å². The first kappa shape index (κ1) is 23.0. The summed E-state index contributed by atoms with van der Waals surface area (Å²) in [7, 11) is 1.72. The Labute approximate surface area is 186 Å². The van der Waals surface area contributed by atoms with Gasteiger partial charge in [-0.2, -0.15) is 13.2 Å². The third-order valence-corrected chi connectivity index (χ3v) is 7.05. The number of fused-ring (bicyclic) bond motifs is 1. The Hall–Kier alpha value is -2.13. The van der Waals surface area contributed by atoms with Gasteiger partial charge in [0.05, 0.1) is 17.9 Å². The predicted molar refractivity (Wildman–Crippen MR) is 117 cm³/mol. The van der Waals surface area contributed by atoms with E-state index in [4.69, 9.17) is 15.9 Å². The number of alkyl halides is 3. The molecule has 1 spiro atoms. The number of nitrogens with zero attached hydrogens (tertiary/aromatic N) is 2. The standard InChI is InChI=1S/C23H32F3N5O/c1-13(2)30-19(7-18(27)14-6-17(23(24,25)26)21(28)29-10-14)20-15-8-22(9-16(15)20)11-31(12-22)4-5-32-3/h6-7,10,13,15-16,20,27,30H,4-5,8-9,11-12H2,1-3H3,(H2,28,29)/b19-7-,27-18?/t15-,16+,20+. The second-order valence-electron chi connectivity index (χ2n) is 9.93. The van der Waals surface area contributed by atoms with Crippen LogP contribution in [0.15, 0.2) is 24.0 Å². The van der Waals surface area contributed by atoms with Gasteiger partial charge in [-0.3, -0.25) is 4.90 Å². The van der Waals surface area contributed by atoms with Gasteiger partial charge < -0.3 is 21.2 Å². The molecule has 0 radical (unpaired) electrons. The summed E-state index contributed by atoms with van der Waals surface area (Å²) in [4.78, 5) is 6.11. The van der Waals surface area contributed by atoms with Crippen LogP contribution < -0.4 is 11.1 Å². The molecule has 0 unspecified atom stereocenters. The second-order valence-corrected chi connectivity index (χ2v) is 9.93. The number of nitrogen functional groups attached to an aromatic ring is 1. The summed E-state index contributed by atoms with van der Waals surface area (Å²) in [6, 6.07) is 1.09. The van der Waals surface area contributed by atoms with E-state index in [1.54, 1.807) is 13.2 Å². The van der Waals surface area contributed by atoms with Gasteiger partial charge in [-0.05, 0) is 56.1 Å². The molecule has 0 amide bonds. The smallest absolute Gasteiger partial charge is 0.386 e. The SMILES string of the molecule is COCCN1CC2(C[C@@H]3[C@H](C2)[C@H]3/C(=C/C(=N)c2cnc(N)c(C(F)(F)F)c2)NC(C)C)C1. The molecule has 1 saturated heterocycles. The summed E-state index contributed by atoms with van der Waals surface area (Å²) in [6.07, 6.45) is 0.685. The van der Waals surface area contributed by atoms with Crippen LogP contribution in [0.2, 0.25) is 0 Å². The summed E-state index contributed by atoms with van der Waals surface area (Å²) in [6.45, 7) is 8.05. The van der Waals surface area contributed by atoms with E-state index in [1.165, 1.54) is 19.0 Å². The van der Waals surface area contributed by atoms with Gasteiger partial charge in [0, 0.05) is 56.2 Å². The van der Waals surface area contributed by atoms with Gasteiger partial charge in [0.2, 0.25) is 0 Å². The monoisotopic (exact) mass is 451 g/mol.